The highest BCUT2D eigenvalue weighted by atomic mass is 32.1. The third kappa shape index (κ3) is 5.40. The Kier molecular flexibility index (Phi) is 6.88. The SMILES string of the molecule is Cc1ccc(NC(=O)C(c2ccccc2)N(S)C(=O)Nc2ccccc2[N+](=O)[O-])cc1. The van der Waals surface area contributed by atoms with Gasteiger partial charge in [-0.3, -0.25) is 19.2 Å². The molecule has 0 aliphatic carbocycles. The summed E-state index contributed by atoms with van der Waals surface area (Å²) in [6.07, 6.45) is 0. The summed E-state index contributed by atoms with van der Waals surface area (Å²) in [7, 11) is 0. The van der Waals surface area contributed by atoms with Gasteiger partial charge in [0.05, 0.1) is 4.92 Å². The number of hydrogen-bond acceptors (Lipinski definition) is 5. The molecule has 3 rings (SSSR count). The Morgan fingerprint density at radius 3 is 2.19 bits per heavy atom. The lowest BCUT2D eigenvalue weighted by molar-refractivity contribution is -0.383. The molecular weight excluding hydrogens is 416 g/mol. The summed E-state index contributed by atoms with van der Waals surface area (Å²) in [5.41, 5.74) is 1.87. The molecule has 0 aliphatic heterocycles. The van der Waals surface area contributed by atoms with Gasteiger partial charge in [-0.05, 0) is 30.7 Å². The minimum Gasteiger partial charge on any atom is -0.324 e. The van der Waals surface area contributed by atoms with E-state index in [1.807, 2.05) is 19.1 Å². The molecular formula is C22H20N4O4S. The molecule has 9 heteroatoms. The molecule has 1 unspecified atom stereocenters. The number of aryl methyl sites for hydroxylation is 1. The first-order valence-corrected chi connectivity index (χ1v) is 9.72. The van der Waals surface area contributed by atoms with Crippen LogP contribution in [0, 0.1) is 17.0 Å². The molecule has 3 aromatic carbocycles. The van der Waals surface area contributed by atoms with E-state index in [0.717, 1.165) is 9.87 Å². The van der Waals surface area contributed by atoms with Crippen molar-refractivity contribution in [1.82, 2.24) is 4.31 Å². The van der Waals surface area contributed by atoms with Gasteiger partial charge in [-0.2, -0.15) is 0 Å². The van der Waals surface area contributed by atoms with Crippen molar-refractivity contribution in [3.05, 3.63) is 100 Å². The first-order chi connectivity index (χ1) is 14.9. The Labute approximate surface area is 184 Å². The monoisotopic (exact) mass is 436 g/mol. The van der Waals surface area contributed by atoms with Crippen molar-refractivity contribution < 1.29 is 14.5 Å². The van der Waals surface area contributed by atoms with Crippen LogP contribution in [0.25, 0.3) is 0 Å². The summed E-state index contributed by atoms with van der Waals surface area (Å²) in [5, 5.41) is 16.5. The van der Waals surface area contributed by atoms with E-state index in [1.54, 1.807) is 48.5 Å². The van der Waals surface area contributed by atoms with Crippen molar-refractivity contribution in [1.29, 1.82) is 0 Å². The molecule has 8 nitrogen and oxygen atoms in total. The number of anilines is 2. The average molecular weight is 436 g/mol. The van der Waals surface area contributed by atoms with Crippen LogP contribution in [-0.2, 0) is 4.79 Å². The Balaban J connectivity index is 1.86. The Bertz CT molecular complexity index is 1090. The first-order valence-electron chi connectivity index (χ1n) is 9.32. The van der Waals surface area contributed by atoms with Crippen molar-refractivity contribution in [3.63, 3.8) is 0 Å². The van der Waals surface area contributed by atoms with Gasteiger partial charge < -0.3 is 10.6 Å². The molecule has 0 saturated heterocycles. The lowest BCUT2D eigenvalue weighted by atomic mass is 10.1. The number of amides is 3. The quantitative estimate of drug-likeness (QED) is 0.288. The number of urea groups is 1. The van der Waals surface area contributed by atoms with Gasteiger partial charge in [0.25, 0.3) is 11.6 Å². The van der Waals surface area contributed by atoms with E-state index in [2.05, 4.69) is 23.4 Å². The Morgan fingerprint density at radius 1 is 0.935 bits per heavy atom. The van der Waals surface area contributed by atoms with Crippen molar-refractivity contribution in [2.24, 2.45) is 0 Å². The molecule has 0 saturated carbocycles. The van der Waals surface area contributed by atoms with Crippen molar-refractivity contribution in [2.45, 2.75) is 13.0 Å². The lowest BCUT2D eigenvalue weighted by Gasteiger charge is -2.26. The van der Waals surface area contributed by atoms with E-state index < -0.39 is 22.9 Å². The second kappa shape index (κ2) is 9.77. The van der Waals surface area contributed by atoms with Gasteiger partial charge in [0, 0.05) is 11.8 Å². The zero-order valence-electron chi connectivity index (χ0n) is 16.6. The molecule has 0 aromatic heterocycles. The standard InChI is InChI=1S/C22H20N4O4S/c1-15-11-13-17(14-12-15)23-21(27)20(16-7-3-2-4-8-16)25(31)22(28)24-18-9-5-6-10-19(18)26(29)30/h2-14,20,31H,1H3,(H,23,27)(H,24,28). The van der Waals surface area contributed by atoms with E-state index in [0.29, 0.717) is 11.3 Å². The smallest absolute Gasteiger partial charge is 0.324 e. The van der Waals surface area contributed by atoms with Crippen molar-refractivity contribution in [3.8, 4) is 0 Å². The van der Waals surface area contributed by atoms with Crippen LogP contribution < -0.4 is 10.6 Å². The average Bonchev–Trinajstić information content (AvgIpc) is 2.76. The fraction of sp³-hybridized carbons (Fsp3) is 0.0909. The zero-order chi connectivity index (χ0) is 22.4. The van der Waals surface area contributed by atoms with Crippen molar-refractivity contribution >= 4 is 41.8 Å². The minimum atomic E-state index is -1.09. The first kappa shape index (κ1) is 21.8. The number of nitro benzene ring substituents is 1. The van der Waals surface area contributed by atoms with E-state index >= 15 is 0 Å². The predicted molar refractivity (Wildman–Crippen MR) is 122 cm³/mol. The number of benzene rings is 3. The van der Waals surface area contributed by atoms with Crippen LogP contribution in [0.5, 0.6) is 0 Å². The van der Waals surface area contributed by atoms with Crippen LogP contribution in [0.3, 0.4) is 0 Å². The third-order valence-corrected chi connectivity index (χ3v) is 4.89. The zero-order valence-corrected chi connectivity index (χ0v) is 17.5. The number of carbonyl (C=O) groups excluding carboxylic acids is 2. The highest BCUT2D eigenvalue weighted by Gasteiger charge is 2.30. The molecule has 0 aliphatic rings. The fourth-order valence-corrected chi connectivity index (χ4v) is 3.20. The molecule has 0 bridgehead atoms. The van der Waals surface area contributed by atoms with E-state index in [4.69, 9.17) is 0 Å². The molecule has 0 spiro atoms. The Morgan fingerprint density at radius 2 is 1.55 bits per heavy atom. The molecule has 1 atom stereocenters. The van der Waals surface area contributed by atoms with Gasteiger partial charge in [0.15, 0.2) is 0 Å². The molecule has 0 radical (unpaired) electrons. The third-order valence-electron chi connectivity index (χ3n) is 4.48. The normalized spacial score (nSPS) is 11.3. The molecule has 2 N–H and O–H groups in total. The Hall–Kier alpha value is -3.85. The number of nitrogens with zero attached hydrogens (tertiary/aromatic N) is 2. The largest absolute Gasteiger partial charge is 0.332 e. The second-order valence-electron chi connectivity index (χ2n) is 6.72. The number of carbonyl (C=O) groups is 2. The highest BCUT2D eigenvalue weighted by molar-refractivity contribution is 7.78. The molecule has 0 heterocycles. The maximum absolute atomic E-state index is 13.1. The number of para-hydroxylation sites is 2. The lowest BCUT2D eigenvalue weighted by Crippen LogP contribution is -2.38. The molecule has 158 valence electrons. The van der Waals surface area contributed by atoms with Crippen LogP contribution >= 0.6 is 12.8 Å². The van der Waals surface area contributed by atoms with Gasteiger partial charge in [0.1, 0.15) is 11.7 Å². The fourth-order valence-electron chi connectivity index (χ4n) is 2.91. The van der Waals surface area contributed by atoms with Crippen LogP contribution in [0.4, 0.5) is 21.9 Å². The van der Waals surface area contributed by atoms with Crippen molar-refractivity contribution in [2.75, 3.05) is 10.6 Å². The molecule has 3 aromatic rings. The van der Waals surface area contributed by atoms with Gasteiger partial charge >= 0.3 is 6.03 Å². The number of nitrogens with one attached hydrogen (secondary N) is 2. The summed E-state index contributed by atoms with van der Waals surface area (Å²) in [4.78, 5) is 36.5. The number of thiol groups is 1. The number of hydrogen-bond donors (Lipinski definition) is 3. The molecule has 3 amide bonds. The van der Waals surface area contributed by atoms with Crippen LogP contribution in [0.15, 0.2) is 78.9 Å². The summed E-state index contributed by atoms with van der Waals surface area (Å²) in [6, 6.07) is 19.7. The molecule has 0 fully saturated rings. The van der Waals surface area contributed by atoms with Gasteiger partial charge in [0.2, 0.25) is 0 Å². The summed E-state index contributed by atoms with van der Waals surface area (Å²) < 4.78 is 0.912. The van der Waals surface area contributed by atoms with Gasteiger partial charge in [-0.25, -0.2) is 4.79 Å². The van der Waals surface area contributed by atoms with E-state index in [-0.39, 0.29) is 11.4 Å². The minimum absolute atomic E-state index is 0.00213. The molecule has 31 heavy (non-hydrogen) atoms. The second-order valence-corrected chi connectivity index (χ2v) is 7.15. The van der Waals surface area contributed by atoms with Crippen LogP contribution in [0.1, 0.15) is 17.2 Å². The summed E-state index contributed by atoms with van der Waals surface area (Å²) in [5.74, 6) is -0.484. The maximum atomic E-state index is 13.1. The summed E-state index contributed by atoms with van der Waals surface area (Å²) in [6.45, 7) is 1.93. The highest BCUT2D eigenvalue weighted by Crippen LogP contribution is 2.28. The number of nitro groups is 1. The van der Waals surface area contributed by atoms with E-state index in [9.17, 15) is 19.7 Å². The van der Waals surface area contributed by atoms with E-state index in [1.165, 1.54) is 18.2 Å². The van der Waals surface area contributed by atoms with Gasteiger partial charge in [-0.1, -0.05) is 73.0 Å². The predicted octanol–water partition coefficient (Wildman–Crippen LogP) is 4.96. The topological polar surface area (TPSA) is 105 Å². The van der Waals surface area contributed by atoms with Gasteiger partial charge in [-0.15, -0.1) is 0 Å². The van der Waals surface area contributed by atoms with Crippen LogP contribution in [0.2, 0.25) is 0 Å². The maximum Gasteiger partial charge on any atom is 0.332 e. The summed E-state index contributed by atoms with van der Waals surface area (Å²) >= 11 is 4.26. The van der Waals surface area contributed by atoms with Crippen LogP contribution in [-0.4, -0.2) is 21.2 Å². The number of rotatable bonds is 6.